The average molecular weight is 406 g/mol. The van der Waals surface area contributed by atoms with E-state index in [1.54, 1.807) is 17.5 Å². The summed E-state index contributed by atoms with van der Waals surface area (Å²) < 4.78 is 7.09. The topological polar surface area (TPSA) is 67.3 Å². The van der Waals surface area contributed by atoms with Crippen LogP contribution in [0.4, 0.5) is 5.13 Å². The van der Waals surface area contributed by atoms with E-state index < -0.39 is 0 Å². The first-order valence-corrected chi connectivity index (χ1v) is 11.1. The number of aliphatic hydroxyl groups excluding tert-OH is 1. The van der Waals surface area contributed by atoms with Gasteiger partial charge in [0, 0.05) is 24.2 Å². The summed E-state index contributed by atoms with van der Waals surface area (Å²) in [7, 11) is 0. The maximum Gasteiger partial charge on any atom is 0.184 e. The van der Waals surface area contributed by atoms with Gasteiger partial charge < -0.3 is 15.2 Å². The summed E-state index contributed by atoms with van der Waals surface area (Å²) >= 11 is 1.59. The van der Waals surface area contributed by atoms with Gasteiger partial charge in [0.2, 0.25) is 0 Å². The van der Waals surface area contributed by atoms with Crippen molar-refractivity contribution in [3.63, 3.8) is 0 Å². The Hall–Kier alpha value is -2.62. The number of nitrogens with zero attached hydrogens (tertiary/aromatic N) is 2. The third-order valence-electron chi connectivity index (χ3n) is 5.35. The van der Waals surface area contributed by atoms with Gasteiger partial charge in [-0.25, -0.2) is 9.97 Å². The Balaban J connectivity index is 1.31. The van der Waals surface area contributed by atoms with E-state index in [2.05, 4.69) is 27.1 Å². The van der Waals surface area contributed by atoms with Crippen LogP contribution in [0.1, 0.15) is 44.2 Å². The fraction of sp³-hybridized carbons (Fsp3) is 0.391. The predicted molar refractivity (Wildman–Crippen MR) is 115 cm³/mol. The molecule has 29 heavy (non-hydrogen) atoms. The number of hydrogen-bond acceptors (Lipinski definition) is 6. The Morgan fingerprint density at radius 3 is 2.79 bits per heavy atom. The number of thiazole rings is 1. The van der Waals surface area contributed by atoms with Crippen LogP contribution in [-0.2, 0) is 0 Å². The largest absolute Gasteiger partial charge is 0.457 e. The van der Waals surface area contributed by atoms with Gasteiger partial charge in [-0.3, -0.25) is 0 Å². The number of fused-ring (bicyclic) bond motifs is 1. The van der Waals surface area contributed by atoms with Crippen LogP contribution < -0.4 is 10.1 Å². The molecular formula is C23H23N3O2S. The number of rotatable bonds is 4. The maximum absolute atomic E-state index is 10.2. The molecule has 2 fully saturated rings. The summed E-state index contributed by atoms with van der Waals surface area (Å²) in [5, 5.41) is 14.5. The van der Waals surface area contributed by atoms with Crippen LogP contribution in [0.15, 0.2) is 36.5 Å². The first-order chi connectivity index (χ1) is 14.2. The smallest absolute Gasteiger partial charge is 0.184 e. The molecule has 0 spiro atoms. The highest BCUT2D eigenvalue weighted by atomic mass is 32.1. The molecule has 2 N–H and O–H groups in total. The minimum absolute atomic E-state index is 0.0898. The molecule has 2 aliphatic carbocycles. The highest BCUT2D eigenvalue weighted by Crippen LogP contribution is 2.33. The molecule has 0 radical (unpaired) electrons. The lowest BCUT2D eigenvalue weighted by Gasteiger charge is -2.27. The third-order valence-corrected chi connectivity index (χ3v) is 6.30. The van der Waals surface area contributed by atoms with Crippen molar-refractivity contribution in [1.82, 2.24) is 9.97 Å². The third kappa shape index (κ3) is 4.52. The van der Waals surface area contributed by atoms with Gasteiger partial charge in [-0.15, -0.1) is 0 Å². The highest BCUT2D eigenvalue weighted by molar-refractivity contribution is 7.22. The first-order valence-electron chi connectivity index (χ1n) is 10.2. The molecule has 1 aromatic carbocycles. The SMILES string of the molecule is OC1CCCCC1Nc1nc2ccc(Oc3ccnc(C#CC4CC4)c3)cc2s1. The van der Waals surface area contributed by atoms with E-state index in [9.17, 15) is 5.11 Å². The fourth-order valence-corrected chi connectivity index (χ4v) is 4.51. The number of benzene rings is 1. The zero-order valence-electron chi connectivity index (χ0n) is 16.1. The van der Waals surface area contributed by atoms with Crippen molar-refractivity contribution in [2.75, 3.05) is 5.32 Å². The summed E-state index contributed by atoms with van der Waals surface area (Å²) in [5.74, 6) is 8.40. The van der Waals surface area contributed by atoms with Gasteiger partial charge in [0.25, 0.3) is 0 Å². The standard InChI is InChI=1S/C23H23N3O2S/c27-21-4-2-1-3-19(21)25-23-26-20-10-9-17(14-22(20)29-23)28-18-11-12-24-16(13-18)8-7-15-5-6-15/h9-15,19,21,27H,1-6H2,(H,25,26). The van der Waals surface area contributed by atoms with E-state index >= 15 is 0 Å². The van der Waals surface area contributed by atoms with Crippen molar-refractivity contribution in [1.29, 1.82) is 0 Å². The van der Waals surface area contributed by atoms with Gasteiger partial charge in [0.05, 0.1) is 22.4 Å². The quantitative estimate of drug-likeness (QED) is 0.601. The van der Waals surface area contributed by atoms with Crippen LogP contribution in [0.25, 0.3) is 10.2 Å². The fourth-order valence-electron chi connectivity index (χ4n) is 3.55. The van der Waals surface area contributed by atoms with Crippen molar-refractivity contribution in [3.8, 4) is 23.3 Å². The van der Waals surface area contributed by atoms with Gasteiger partial charge in [-0.2, -0.15) is 0 Å². The van der Waals surface area contributed by atoms with Crippen LogP contribution in [0.5, 0.6) is 11.5 Å². The number of aliphatic hydroxyl groups is 1. The molecule has 0 amide bonds. The predicted octanol–water partition coefficient (Wildman–Crippen LogP) is 4.96. The number of hydrogen-bond donors (Lipinski definition) is 2. The number of ether oxygens (including phenoxy) is 1. The van der Waals surface area contributed by atoms with Crippen molar-refractivity contribution >= 4 is 26.7 Å². The molecule has 2 aromatic heterocycles. The number of anilines is 1. The molecule has 3 aromatic rings. The average Bonchev–Trinajstić information content (AvgIpc) is 3.47. The number of aromatic nitrogens is 2. The van der Waals surface area contributed by atoms with Crippen LogP contribution in [-0.4, -0.2) is 27.2 Å². The zero-order valence-corrected chi connectivity index (χ0v) is 16.9. The van der Waals surface area contributed by atoms with E-state index in [1.165, 1.54) is 12.8 Å². The Labute approximate surface area is 174 Å². The van der Waals surface area contributed by atoms with Crippen LogP contribution in [0.3, 0.4) is 0 Å². The van der Waals surface area contributed by atoms with E-state index in [1.807, 2.05) is 30.3 Å². The zero-order chi connectivity index (χ0) is 19.6. The lowest BCUT2D eigenvalue weighted by Crippen LogP contribution is -2.36. The molecule has 2 heterocycles. The molecule has 2 atom stereocenters. The van der Waals surface area contributed by atoms with Gasteiger partial charge in [0.15, 0.2) is 5.13 Å². The maximum atomic E-state index is 10.2. The molecule has 2 unspecified atom stereocenters. The van der Waals surface area contributed by atoms with Gasteiger partial charge in [-0.05, 0) is 49.8 Å². The van der Waals surface area contributed by atoms with Crippen molar-refractivity contribution < 1.29 is 9.84 Å². The lowest BCUT2D eigenvalue weighted by molar-refractivity contribution is 0.116. The van der Waals surface area contributed by atoms with Gasteiger partial charge in [0.1, 0.15) is 17.2 Å². The summed E-state index contributed by atoms with van der Waals surface area (Å²) in [6.07, 6.45) is 7.94. The van der Waals surface area contributed by atoms with E-state index in [-0.39, 0.29) is 12.1 Å². The van der Waals surface area contributed by atoms with E-state index in [0.717, 1.165) is 58.2 Å². The summed E-state index contributed by atoms with van der Waals surface area (Å²) in [6, 6.07) is 9.72. The van der Waals surface area contributed by atoms with Crippen molar-refractivity contribution in [2.24, 2.45) is 5.92 Å². The normalized spacial score (nSPS) is 21.4. The summed E-state index contributed by atoms with van der Waals surface area (Å²) in [6.45, 7) is 0. The number of nitrogens with one attached hydrogen (secondary N) is 1. The minimum Gasteiger partial charge on any atom is -0.457 e. The van der Waals surface area contributed by atoms with Crippen molar-refractivity contribution in [3.05, 3.63) is 42.2 Å². The Morgan fingerprint density at radius 2 is 1.93 bits per heavy atom. The second-order valence-corrected chi connectivity index (χ2v) is 8.80. The molecule has 148 valence electrons. The van der Waals surface area contributed by atoms with Crippen molar-refractivity contribution in [2.45, 2.75) is 50.7 Å². The Morgan fingerprint density at radius 1 is 1.07 bits per heavy atom. The molecule has 5 nitrogen and oxygen atoms in total. The second kappa shape index (κ2) is 8.02. The highest BCUT2D eigenvalue weighted by Gasteiger charge is 2.23. The molecule has 0 saturated heterocycles. The molecule has 5 rings (SSSR count). The summed E-state index contributed by atoms with van der Waals surface area (Å²) in [4.78, 5) is 8.97. The second-order valence-electron chi connectivity index (χ2n) is 7.77. The van der Waals surface area contributed by atoms with E-state index in [4.69, 9.17) is 4.74 Å². The molecule has 0 bridgehead atoms. The van der Waals surface area contributed by atoms with Gasteiger partial charge in [-0.1, -0.05) is 30.1 Å². The van der Waals surface area contributed by atoms with Crippen LogP contribution >= 0.6 is 11.3 Å². The number of pyridine rings is 1. The molecule has 2 saturated carbocycles. The van der Waals surface area contributed by atoms with Crippen LogP contribution in [0, 0.1) is 17.8 Å². The first kappa shape index (κ1) is 18.4. The lowest BCUT2D eigenvalue weighted by atomic mass is 9.93. The van der Waals surface area contributed by atoms with Crippen LogP contribution in [0.2, 0.25) is 0 Å². The molecule has 6 heteroatoms. The van der Waals surface area contributed by atoms with Gasteiger partial charge >= 0.3 is 0 Å². The molecular weight excluding hydrogens is 382 g/mol. The summed E-state index contributed by atoms with van der Waals surface area (Å²) in [5.41, 5.74) is 1.67. The Kier molecular flexibility index (Phi) is 5.09. The monoisotopic (exact) mass is 405 g/mol. The Bertz CT molecular complexity index is 1080. The molecule has 0 aliphatic heterocycles. The molecule has 2 aliphatic rings. The van der Waals surface area contributed by atoms with E-state index in [0.29, 0.717) is 5.92 Å². The minimum atomic E-state index is -0.293.